The topological polar surface area (TPSA) is 29.9 Å². The number of hydrogen-bond donors (Lipinski definition) is 1. The number of rotatable bonds is 6. The molecule has 0 radical (unpaired) electrons. The average Bonchev–Trinajstić information content (AvgIpc) is 2.79. The summed E-state index contributed by atoms with van der Waals surface area (Å²) in [5.41, 5.74) is 1.74. The molecular formula is C15H27N3. The molecule has 0 saturated heterocycles. The van der Waals surface area contributed by atoms with E-state index >= 15 is 0 Å². The van der Waals surface area contributed by atoms with Crippen molar-refractivity contribution in [1.82, 2.24) is 15.1 Å². The molecule has 1 heterocycles. The lowest BCUT2D eigenvalue weighted by atomic mass is 10.00. The minimum atomic E-state index is 0.504. The number of aromatic nitrogens is 2. The fourth-order valence-corrected chi connectivity index (χ4v) is 2.78. The number of nitrogens with zero attached hydrogens (tertiary/aromatic N) is 2. The molecule has 3 heteroatoms. The van der Waals surface area contributed by atoms with Crippen LogP contribution in [0, 0.1) is 11.3 Å². The smallest absolute Gasteiger partial charge is 0.0640 e. The first-order valence-electron chi connectivity index (χ1n) is 7.19. The summed E-state index contributed by atoms with van der Waals surface area (Å²) in [6.45, 7) is 9.14. The van der Waals surface area contributed by atoms with Gasteiger partial charge in [0.25, 0.3) is 0 Å². The molecule has 1 aliphatic rings. The highest BCUT2D eigenvalue weighted by molar-refractivity contribution is 5.08. The summed E-state index contributed by atoms with van der Waals surface area (Å²) in [5, 5.41) is 8.17. The third kappa shape index (κ3) is 2.77. The Balaban J connectivity index is 1.98. The Bertz CT molecular complexity index is 394. The first-order chi connectivity index (χ1) is 8.47. The molecule has 3 unspecified atom stereocenters. The Morgan fingerprint density at radius 1 is 1.56 bits per heavy atom. The van der Waals surface area contributed by atoms with Crippen molar-refractivity contribution < 1.29 is 0 Å². The van der Waals surface area contributed by atoms with E-state index in [9.17, 15) is 0 Å². The van der Waals surface area contributed by atoms with E-state index in [4.69, 9.17) is 5.10 Å². The third-order valence-corrected chi connectivity index (χ3v) is 4.58. The van der Waals surface area contributed by atoms with Crippen LogP contribution in [0.15, 0.2) is 12.3 Å². The molecule has 1 aromatic heterocycles. The van der Waals surface area contributed by atoms with Crippen LogP contribution < -0.4 is 5.32 Å². The Labute approximate surface area is 111 Å². The van der Waals surface area contributed by atoms with E-state index in [0.29, 0.717) is 17.5 Å². The monoisotopic (exact) mass is 249 g/mol. The Morgan fingerprint density at radius 2 is 2.22 bits per heavy atom. The molecule has 0 spiro atoms. The summed E-state index contributed by atoms with van der Waals surface area (Å²) >= 11 is 0. The highest BCUT2D eigenvalue weighted by atomic mass is 15.3. The highest BCUT2D eigenvalue weighted by Gasteiger charge is 2.49. The molecule has 0 amide bonds. The summed E-state index contributed by atoms with van der Waals surface area (Å²) < 4.78 is 2.10. The molecule has 1 saturated carbocycles. The van der Waals surface area contributed by atoms with Gasteiger partial charge in [-0.1, -0.05) is 20.8 Å². The van der Waals surface area contributed by atoms with E-state index in [1.165, 1.54) is 12.1 Å². The zero-order valence-corrected chi connectivity index (χ0v) is 12.4. The molecule has 1 aromatic rings. The van der Waals surface area contributed by atoms with E-state index in [1.807, 2.05) is 0 Å². The van der Waals surface area contributed by atoms with Crippen LogP contribution >= 0.6 is 0 Å². The van der Waals surface area contributed by atoms with Gasteiger partial charge in [0, 0.05) is 24.7 Å². The maximum absolute atomic E-state index is 4.70. The molecule has 1 N–H and O–H groups in total. The highest BCUT2D eigenvalue weighted by Crippen LogP contribution is 2.53. The minimum absolute atomic E-state index is 0.504. The quantitative estimate of drug-likeness (QED) is 0.840. The van der Waals surface area contributed by atoms with Gasteiger partial charge in [0.2, 0.25) is 0 Å². The van der Waals surface area contributed by atoms with E-state index < -0.39 is 0 Å². The van der Waals surface area contributed by atoms with E-state index in [-0.39, 0.29) is 0 Å². The lowest BCUT2D eigenvalue weighted by Gasteiger charge is -2.17. The van der Waals surface area contributed by atoms with Crippen LogP contribution in [0.2, 0.25) is 0 Å². The number of nitrogens with one attached hydrogen (secondary N) is 1. The van der Waals surface area contributed by atoms with Crippen LogP contribution in [0.1, 0.15) is 52.3 Å². The van der Waals surface area contributed by atoms with Crippen LogP contribution in [0.5, 0.6) is 0 Å². The van der Waals surface area contributed by atoms with E-state index in [1.54, 1.807) is 0 Å². The summed E-state index contributed by atoms with van der Waals surface area (Å²) in [7, 11) is 2.07. The first-order valence-corrected chi connectivity index (χ1v) is 7.19. The molecule has 3 nitrogen and oxygen atoms in total. The zero-order valence-electron chi connectivity index (χ0n) is 12.4. The van der Waals surface area contributed by atoms with Crippen molar-refractivity contribution in [3.63, 3.8) is 0 Å². The van der Waals surface area contributed by atoms with Gasteiger partial charge in [-0.3, -0.25) is 4.68 Å². The van der Waals surface area contributed by atoms with Gasteiger partial charge in [-0.2, -0.15) is 5.10 Å². The second kappa shape index (κ2) is 5.04. The normalized spacial score (nSPS) is 24.8. The fourth-order valence-electron chi connectivity index (χ4n) is 2.78. The van der Waals surface area contributed by atoms with Crippen molar-refractivity contribution >= 4 is 0 Å². The zero-order chi connectivity index (χ0) is 13.3. The summed E-state index contributed by atoms with van der Waals surface area (Å²) in [6.07, 6.45) is 5.64. The molecule has 3 atom stereocenters. The van der Waals surface area contributed by atoms with Gasteiger partial charge in [0.1, 0.15) is 0 Å². The molecule has 0 aromatic carbocycles. The largest absolute Gasteiger partial charge is 0.316 e. The van der Waals surface area contributed by atoms with Gasteiger partial charge in [-0.15, -0.1) is 0 Å². The van der Waals surface area contributed by atoms with Crippen molar-refractivity contribution in [2.45, 2.75) is 59.0 Å². The second-order valence-corrected chi connectivity index (χ2v) is 6.44. The molecule has 2 rings (SSSR count). The van der Waals surface area contributed by atoms with Gasteiger partial charge < -0.3 is 5.32 Å². The van der Waals surface area contributed by atoms with Gasteiger partial charge in [0.15, 0.2) is 0 Å². The van der Waals surface area contributed by atoms with E-state index in [2.05, 4.69) is 57.0 Å². The molecule has 1 fully saturated rings. The number of hydrogen-bond acceptors (Lipinski definition) is 2. The van der Waals surface area contributed by atoms with Gasteiger partial charge in [-0.05, 0) is 44.2 Å². The van der Waals surface area contributed by atoms with Crippen LogP contribution in [-0.4, -0.2) is 22.9 Å². The Hall–Kier alpha value is -0.830. The van der Waals surface area contributed by atoms with Crippen molar-refractivity contribution in [3.05, 3.63) is 18.0 Å². The minimum Gasteiger partial charge on any atom is -0.316 e. The number of likely N-dealkylation sites (N-methyl/N-ethyl adjacent to an activating group) is 1. The summed E-state index contributed by atoms with van der Waals surface area (Å²) in [5.74, 6) is 0.802. The molecule has 0 aliphatic heterocycles. The van der Waals surface area contributed by atoms with Crippen LogP contribution in [-0.2, 0) is 6.42 Å². The van der Waals surface area contributed by atoms with Crippen LogP contribution in [0.25, 0.3) is 0 Å². The van der Waals surface area contributed by atoms with Crippen molar-refractivity contribution in [1.29, 1.82) is 0 Å². The molecular weight excluding hydrogens is 222 g/mol. The lowest BCUT2D eigenvalue weighted by molar-refractivity contribution is 0.417. The fraction of sp³-hybridized carbons (Fsp3) is 0.800. The maximum atomic E-state index is 4.70. The summed E-state index contributed by atoms with van der Waals surface area (Å²) in [6, 6.07) is 3.25. The lowest BCUT2D eigenvalue weighted by Crippen LogP contribution is -2.31. The second-order valence-electron chi connectivity index (χ2n) is 6.44. The third-order valence-electron chi connectivity index (χ3n) is 4.58. The average molecular weight is 249 g/mol. The van der Waals surface area contributed by atoms with Gasteiger partial charge >= 0.3 is 0 Å². The van der Waals surface area contributed by atoms with Crippen molar-refractivity contribution in [2.75, 3.05) is 7.05 Å². The molecule has 18 heavy (non-hydrogen) atoms. The molecule has 102 valence electrons. The Morgan fingerprint density at radius 3 is 2.72 bits per heavy atom. The molecule has 1 aliphatic carbocycles. The van der Waals surface area contributed by atoms with E-state index in [0.717, 1.165) is 18.8 Å². The predicted molar refractivity (Wildman–Crippen MR) is 75.7 cm³/mol. The predicted octanol–water partition coefficient (Wildman–Crippen LogP) is 3.03. The van der Waals surface area contributed by atoms with Crippen LogP contribution in [0.3, 0.4) is 0 Å². The molecule has 0 bridgehead atoms. The first kappa shape index (κ1) is 13.6. The summed E-state index contributed by atoms with van der Waals surface area (Å²) in [4.78, 5) is 0. The maximum Gasteiger partial charge on any atom is 0.0640 e. The van der Waals surface area contributed by atoms with Gasteiger partial charge in [0.05, 0.1) is 5.69 Å². The van der Waals surface area contributed by atoms with Gasteiger partial charge in [-0.25, -0.2) is 0 Å². The van der Waals surface area contributed by atoms with Crippen LogP contribution in [0.4, 0.5) is 0 Å². The standard InChI is InChI=1S/C15H27N3/c1-6-11(2)18-8-7-12(17-18)9-14(16-5)13-10-15(13,3)4/h7-8,11,13-14,16H,6,9-10H2,1-5H3. The SMILES string of the molecule is CCC(C)n1ccc(CC(NC)C2CC2(C)C)n1. The Kier molecular flexibility index (Phi) is 3.81. The van der Waals surface area contributed by atoms with Crippen molar-refractivity contribution in [2.24, 2.45) is 11.3 Å². The van der Waals surface area contributed by atoms with Crippen molar-refractivity contribution in [3.8, 4) is 0 Å².